The first kappa shape index (κ1) is 16.0. The lowest BCUT2D eigenvalue weighted by molar-refractivity contribution is 0.944. The van der Waals surface area contributed by atoms with Crippen molar-refractivity contribution < 1.29 is 0 Å². The zero-order valence-corrected chi connectivity index (χ0v) is 14.5. The maximum atomic E-state index is 13.1. The molecule has 3 heteroatoms. The predicted octanol–water partition coefficient (Wildman–Crippen LogP) is 4.86. The zero-order chi connectivity index (χ0) is 17.9. The zero-order valence-electron chi connectivity index (χ0n) is 14.5. The van der Waals surface area contributed by atoms with Crippen LogP contribution in [0.2, 0.25) is 0 Å². The van der Waals surface area contributed by atoms with Crippen LogP contribution >= 0.6 is 0 Å². The van der Waals surface area contributed by atoms with Crippen molar-refractivity contribution in [3.63, 3.8) is 0 Å². The van der Waals surface area contributed by atoms with Crippen molar-refractivity contribution in [2.24, 2.45) is 0 Å². The van der Waals surface area contributed by atoms with Crippen LogP contribution in [-0.4, -0.2) is 9.55 Å². The summed E-state index contributed by atoms with van der Waals surface area (Å²) in [6.07, 6.45) is 3.89. The highest BCUT2D eigenvalue weighted by molar-refractivity contribution is 5.80. The summed E-state index contributed by atoms with van der Waals surface area (Å²) in [6, 6.07) is 25.3. The van der Waals surface area contributed by atoms with Crippen molar-refractivity contribution in [3.05, 3.63) is 106 Å². The van der Waals surface area contributed by atoms with Gasteiger partial charge < -0.3 is 0 Å². The standard InChI is InChI=1S/C23H18N2O/c1-17-8-7-9-18(16-17)14-15-22-24-21-13-6-5-12-20(21)23(26)25(22)19-10-3-2-4-11-19/h2-16H,1H3. The van der Waals surface area contributed by atoms with Crippen LogP contribution in [-0.2, 0) is 0 Å². The third-order valence-electron chi connectivity index (χ3n) is 4.28. The van der Waals surface area contributed by atoms with E-state index < -0.39 is 0 Å². The van der Waals surface area contributed by atoms with E-state index in [1.165, 1.54) is 5.56 Å². The van der Waals surface area contributed by atoms with E-state index in [-0.39, 0.29) is 5.56 Å². The van der Waals surface area contributed by atoms with Crippen molar-refractivity contribution in [2.75, 3.05) is 0 Å². The second-order valence-corrected chi connectivity index (χ2v) is 6.21. The van der Waals surface area contributed by atoms with Crippen molar-refractivity contribution in [2.45, 2.75) is 6.92 Å². The van der Waals surface area contributed by atoms with Crippen molar-refractivity contribution in [1.82, 2.24) is 9.55 Å². The summed E-state index contributed by atoms with van der Waals surface area (Å²) < 4.78 is 1.66. The topological polar surface area (TPSA) is 34.9 Å². The Morgan fingerprint density at radius 2 is 1.62 bits per heavy atom. The lowest BCUT2D eigenvalue weighted by Crippen LogP contribution is -2.22. The Labute approximate surface area is 151 Å². The van der Waals surface area contributed by atoms with Crippen molar-refractivity contribution in [3.8, 4) is 5.69 Å². The maximum Gasteiger partial charge on any atom is 0.266 e. The van der Waals surface area contributed by atoms with Crippen LogP contribution in [0.4, 0.5) is 0 Å². The average Bonchev–Trinajstić information content (AvgIpc) is 2.67. The van der Waals surface area contributed by atoms with E-state index in [0.29, 0.717) is 16.7 Å². The predicted molar refractivity (Wildman–Crippen MR) is 107 cm³/mol. The van der Waals surface area contributed by atoms with E-state index in [2.05, 4.69) is 19.1 Å². The van der Waals surface area contributed by atoms with Crippen LogP contribution in [0.25, 0.3) is 28.7 Å². The molecule has 0 radical (unpaired) electrons. The van der Waals surface area contributed by atoms with Gasteiger partial charge in [-0.2, -0.15) is 0 Å². The Morgan fingerprint density at radius 3 is 2.42 bits per heavy atom. The van der Waals surface area contributed by atoms with Crippen molar-refractivity contribution in [1.29, 1.82) is 0 Å². The summed E-state index contributed by atoms with van der Waals surface area (Å²) >= 11 is 0. The normalized spacial score (nSPS) is 11.3. The van der Waals surface area contributed by atoms with E-state index >= 15 is 0 Å². The minimum Gasteiger partial charge on any atom is -0.268 e. The second-order valence-electron chi connectivity index (χ2n) is 6.21. The third kappa shape index (κ3) is 3.07. The lowest BCUT2D eigenvalue weighted by Gasteiger charge is -2.11. The van der Waals surface area contributed by atoms with Gasteiger partial charge in [-0.1, -0.05) is 66.2 Å². The number of hydrogen-bond acceptors (Lipinski definition) is 2. The van der Waals surface area contributed by atoms with Gasteiger partial charge in [-0.3, -0.25) is 9.36 Å². The molecular formula is C23H18N2O. The highest BCUT2D eigenvalue weighted by atomic mass is 16.1. The third-order valence-corrected chi connectivity index (χ3v) is 4.28. The van der Waals surface area contributed by atoms with Crippen LogP contribution in [0, 0.1) is 6.92 Å². The van der Waals surface area contributed by atoms with Gasteiger partial charge in [0.05, 0.1) is 16.6 Å². The van der Waals surface area contributed by atoms with Gasteiger partial charge in [-0.15, -0.1) is 0 Å². The monoisotopic (exact) mass is 338 g/mol. The number of fused-ring (bicyclic) bond motifs is 1. The number of aryl methyl sites for hydroxylation is 1. The maximum absolute atomic E-state index is 13.1. The van der Waals surface area contributed by atoms with Gasteiger partial charge in [0.1, 0.15) is 5.82 Å². The van der Waals surface area contributed by atoms with Crippen LogP contribution < -0.4 is 5.56 Å². The van der Waals surface area contributed by atoms with E-state index in [4.69, 9.17) is 4.98 Å². The number of para-hydroxylation sites is 2. The molecule has 0 aliphatic heterocycles. The molecule has 0 atom stereocenters. The molecule has 0 amide bonds. The molecule has 0 N–H and O–H groups in total. The highest BCUT2D eigenvalue weighted by Crippen LogP contribution is 2.15. The van der Waals surface area contributed by atoms with Gasteiger partial charge in [0, 0.05) is 0 Å². The molecular weight excluding hydrogens is 320 g/mol. The molecule has 4 rings (SSSR count). The molecule has 0 saturated heterocycles. The van der Waals surface area contributed by atoms with Crippen LogP contribution in [0.3, 0.4) is 0 Å². The number of rotatable bonds is 3. The molecule has 0 unspecified atom stereocenters. The fourth-order valence-electron chi connectivity index (χ4n) is 3.03. The van der Waals surface area contributed by atoms with Gasteiger partial charge in [0.25, 0.3) is 5.56 Å². The van der Waals surface area contributed by atoms with Gasteiger partial charge >= 0.3 is 0 Å². The lowest BCUT2D eigenvalue weighted by atomic mass is 10.1. The summed E-state index contributed by atoms with van der Waals surface area (Å²) in [4.78, 5) is 17.8. The largest absolute Gasteiger partial charge is 0.268 e. The van der Waals surface area contributed by atoms with Gasteiger partial charge in [-0.05, 0) is 42.8 Å². The molecule has 3 nitrogen and oxygen atoms in total. The fraction of sp³-hybridized carbons (Fsp3) is 0.0435. The molecule has 0 aliphatic carbocycles. The highest BCUT2D eigenvalue weighted by Gasteiger charge is 2.10. The SMILES string of the molecule is Cc1cccc(C=Cc2nc3ccccc3c(=O)n2-c2ccccc2)c1. The molecule has 0 bridgehead atoms. The molecule has 126 valence electrons. The first-order valence-electron chi connectivity index (χ1n) is 8.54. The summed E-state index contributed by atoms with van der Waals surface area (Å²) in [5, 5.41) is 0.615. The molecule has 1 heterocycles. The minimum atomic E-state index is -0.0642. The first-order valence-corrected chi connectivity index (χ1v) is 8.54. The van der Waals surface area contributed by atoms with Crippen LogP contribution in [0.15, 0.2) is 83.7 Å². The summed E-state index contributed by atoms with van der Waals surface area (Å²) in [5.74, 6) is 0.612. The number of hydrogen-bond donors (Lipinski definition) is 0. The minimum absolute atomic E-state index is 0.0642. The van der Waals surface area contributed by atoms with E-state index in [1.54, 1.807) is 4.57 Å². The molecule has 3 aromatic carbocycles. The van der Waals surface area contributed by atoms with Gasteiger partial charge in [0.2, 0.25) is 0 Å². The van der Waals surface area contributed by atoms with Crippen LogP contribution in [0.1, 0.15) is 17.0 Å². The molecule has 0 fully saturated rings. The van der Waals surface area contributed by atoms with E-state index in [0.717, 1.165) is 11.3 Å². The number of nitrogens with zero attached hydrogens (tertiary/aromatic N) is 2. The Morgan fingerprint density at radius 1 is 0.846 bits per heavy atom. The number of benzene rings is 3. The van der Waals surface area contributed by atoms with E-state index in [9.17, 15) is 4.79 Å². The molecule has 0 saturated carbocycles. The quantitative estimate of drug-likeness (QED) is 0.534. The summed E-state index contributed by atoms with van der Waals surface area (Å²) in [6.45, 7) is 2.06. The number of aromatic nitrogens is 2. The Hall–Kier alpha value is -3.46. The molecule has 1 aromatic heterocycles. The van der Waals surface area contributed by atoms with Gasteiger partial charge in [0.15, 0.2) is 0 Å². The average molecular weight is 338 g/mol. The van der Waals surface area contributed by atoms with Crippen molar-refractivity contribution >= 4 is 23.1 Å². The first-order chi connectivity index (χ1) is 12.7. The van der Waals surface area contributed by atoms with E-state index in [1.807, 2.05) is 78.9 Å². The molecule has 26 heavy (non-hydrogen) atoms. The van der Waals surface area contributed by atoms with Crippen LogP contribution in [0.5, 0.6) is 0 Å². The fourth-order valence-corrected chi connectivity index (χ4v) is 3.03. The Balaban J connectivity index is 1.94. The molecule has 4 aromatic rings. The smallest absolute Gasteiger partial charge is 0.266 e. The Kier molecular flexibility index (Phi) is 4.20. The second kappa shape index (κ2) is 6.81. The summed E-state index contributed by atoms with van der Waals surface area (Å²) in [7, 11) is 0. The summed E-state index contributed by atoms with van der Waals surface area (Å²) in [5.41, 5.74) is 3.71. The Bertz CT molecular complexity index is 1160. The molecule has 0 spiro atoms. The molecule has 0 aliphatic rings. The van der Waals surface area contributed by atoms with Gasteiger partial charge in [-0.25, -0.2) is 4.98 Å².